The second-order valence-corrected chi connectivity index (χ2v) is 9.07. The van der Waals surface area contributed by atoms with Crippen molar-refractivity contribution in [3.63, 3.8) is 0 Å². The molecule has 0 spiro atoms. The molecule has 4 rings (SSSR count). The van der Waals surface area contributed by atoms with E-state index in [-0.39, 0.29) is 5.91 Å². The van der Waals surface area contributed by atoms with Gasteiger partial charge >= 0.3 is 0 Å². The third-order valence-electron chi connectivity index (χ3n) is 6.13. The van der Waals surface area contributed by atoms with Crippen molar-refractivity contribution < 1.29 is 9.53 Å². The number of para-hydroxylation sites is 1. The van der Waals surface area contributed by atoms with Crippen molar-refractivity contribution >= 4 is 39.7 Å². The summed E-state index contributed by atoms with van der Waals surface area (Å²) in [5, 5.41) is 7.35. The lowest BCUT2D eigenvalue weighted by Crippen LogP contribution is -2.29. The van der Waals surface area contributed by atoms with Crippen LogP contribution in [-0.4, -0.2) is 66.7 Å². The van der Waals surface area contributed by atoms with Crippen LogP contribution in [0.1, 0.15) is 0 Å². The molecular formula is C28H33N7O2. The summed E-state index contributed by atoms with van der Waals surface area (Å²) < 4.78 is 7.79. The first-order valence-electron chi connectivity index (χ1n) is 12.0. The number of rotatable bonds is 10. The Hall–Kier alpha value is -4.37. The molecule has 0 aliphatic carbocycles. The number of aryl methyl sites for hydroxylation is 1. The van der Waals surface area contributed by atoms with Gasteiger partial charge in [0.15, 0.2) is 0 Å². The second kappa shape index (κ2) is 11.1. The van der Waals surface area contributed by atoms with Crippen LogP contribution in [0.15, 0.2) is 67.6 Å². The highest BCUT2D eigenvalue weighted by molar-refractivity contribution is 6.02. The SMILES string of the molecule is C=CC(=O)Nc1cc(Nc2cncc(-c3cn(C)c4ccccc34)n2)c(OC)cc1N(C)CCN(C)C. The Balaban J connectivity index is 1.71. The van der Waals surface area contributed by atoms with E-state index in [1.165, 1.54) is 6.08 Å². The normalized spacial score (nSPS) is 11.0. The third kappa shape index (κ3) is 5.73. The molecule has 2 aromatic heterocycles. The molecule has 4 aromatic rings. The summed E-state index contributed by atoms with van der Waals surface area (Å²) in [7, 11) is 9.66. The van der Waals surface area contributed by atoms with Gasteiger partial charge in [0.2, 0.25) is 5.91 Å². The Bertz CT molecular complexity index is 1430. The van der Waals surface area contributed by atoms with Crippen LogP contribution in [0.25, 0.3) is 22.2 Å². The molecule has 0 atom stereocenters. The van der Waals surface area contributed by atoms with Gasteiger partial charge in [0.1, 0.15) is 11.6 Å². The Morgan fingerprint density at radius 2 is 1.92 bits per heavy atom. The summed E-state index contributed by atoms with van der Waals surface area (Å²) in [4.78, 5) is 25.7. The molecule has 0 radical (unpaired) electrons. The lowest BCUT2D eigenvalue weighted by molar-refractivity contribution is -0.111. The number of amides is 1. The van der Waals surface area contributed by atoms with Gasteiger partial charge in [0, 0.05) is 55.9 Å². The smallest absolute Gasteiger partial charge is 0.247 e. The Morgan fingerprint density at radius 1 is 1.14 bits per heavy atom. The summed E-state index contributed by atoms with van der Waals surface area (Å²) >= 11 is 0. The van der Waals surface area contributed by atoms with Gasteiger partial charge in [-0.2, -0.15) is 0 Å². The molecule has 37 heavy (non-hydrogen) atoms. The molecule has 0 saturated carbocycles. The first-order valence-corrected chi connectivity index (χ1v) is 12.0. The molecule has 9 nitrogen and oxygen atoms in total. The van der Waals surface area contributed by atoms with Crippen molar-refractivity contribution in [2.75, 3.05) is 56.9 Å². The van der Waals surface area contributed by atoms with Crippen LogP contribution < -0.4 is 20.3 Å². The van der Waals surface area contributed by atoms with E-state index in [0.29, 0.717) is 22.9 Å². The largest absolute Gasteiger partial charge is 0.494 e. The van der Waals surface area contributed by atoms with Gasteiger partial charge in [0.05, 0.1) is 42.3 Å². The number of fused-ring (bicyclic) bond motifs is 1. The van der Waals surface area contributed by atoms with Crippen LogP contribution in [0.2, 0.25) is 0 Å². The first kappa shape index (κ1) is 25.7. The van der Waals surface area contributed by atoms with E-state index in [1.54, 1.807) is 19.5 Å². The summed E-state index contributed by atoms with van der Waals surface area (Å²) in [6.45, 7) is 5.20. The summed E-state index contributed by atoms with van der Waals surface area (Å²) in [6.07, 6.45) is 6.72. The van der Waals surface area contributed by atoms with Crippen LogP contribution in [-0.2, 0) is 11.8 Å². The molecule has 1 amide bonds. The van der Waals surface area contributed by atoms with Gasteiger partial charge in [-0.05, 0) is 32.3 Å². The zero-order valence-electron chi connectivity index (χ0n) is 21.9. The molecular weight excluding hydrogens is 466 g/mol. The minimum absolute atomic E-state index is 0.295. The number of benzene rings is 2. The highest BCUT2D eigenvalue weighted by Gasteiger charge is 2.17. The number of carbonyl (C=O) groups excluding carboxylic acids is 1. The summed E-state index contributed by atoms with van der Waals surface area (Å²) in [6, 6.07) is 11.9. The lowest BCUT2D eigenvalue weighted by Gasteiger charge is -2.26. The minimum Gasteiger partial charge on any atom is -0.494 e. The lowest BCUT2D eigenvalue weighted by atomic mass is 10.1. The van der Waals surface area contributed by atoms with E-state index in [1.807, 2.05) is 52.5 Å². The highest BCUT2D eigenvalue weighted by atomic mass is 16.5. The van der Waals surface area contributed by atoms with Crippen LogP contribution >= 0.6 is 0 Å². The third-order valence-corrected chi connectivity index (χ3v) is 6.13. The van der Waals surface area contributed by atoms with Gasteiger partial charge < -0.3 is 29.7 Å². The number of nitrogens with one attached hydrogen (secondary N) is 2. The number of hydrogen-bond donors (Lipinski definition) is 2. The van der Waals surface area contributed by atoms with Crippen LogP contribution in [0.3, 0.4) is 0 Å². The van der Waals surface area contributed by atoms with Crippen LogP contribution in [0.4, 0.5) is 22.9 Å². The molecule has 0 saturated heterocycles. The zero-order chi connectivity index (χ0) is 26.5. The van der Waals surface area contributed by atoms with Gasteiger partial charge in [-0.15, -0.1) is 0 Å². The number of likely N-dealkylation sites (N-methyl/N-ethyl adjacent to an activating group) is 2. The van der Waals surface area contributed by atoms with Crippen molar-refractivity contribution in [2.45, 2.75) is 0 Å². The van der Waals surface area contributed by atoms with E-state index >= 15 is 0 Å². The summed E-state index contributed by atoms with van der Waals surface area (Å²) in [5.74, 6) is 0.871. The quantitative estimate of drug-likeness (QED) is 0.311. The van der Waals surface area contributed by atoms with E-state index in [9.17, 15) is 4.79 Å². The molecule has 0 bridgehead atoms. The molecule has 9 heteroatoms. The molecule has 2 aromatic carbocycles. The van der Waals surface area contributed by atoms with E-state index in [2.05, 4.69) is 54.9 Å². The Morgan fingerprint density at radius 3 is 2.65 bits per heavy atom. The Kier molecular flexibility index (Phi) is 7.74. The number of ether oxygens (including phenoxy) is 1. The predicted molar refractivity (Wildman–Crippen MR) is 151 cm³/mol. The average Bonchev–Trinajstić information content (AvgIpc) is 3.24. The maximum Gasteiger partial charge on any atom is 0.247 e. The van der Waals surface area contributed by atoms with Crippen molar-refractivity contribution in [3.05, 3.63) is 67.6 Å². The molecule has 2 heterocycles. The van der Waals surface area contributed by atoms with E-state index < -0.39 is 0 Å². The maximum atomic E-state index is 12.2. The van der Waals surface area contributed by atoms with Crippen LogP contribution in [0, 0.1) is 0 Å². The fourth-order valence-electron chi connectivity index (χ4n) is 4.15. The predicted octanol–water partition coefficient (Wildman–Crippen LogP) is 4.51. The maximum absolute atomic E-state index is 12.2. The number of nitrogens with zero attached hydrogens (tertiary/aromatic N) is 5. The van der Waals surface area contributed by atoms with Crippen molar-refractivity contribution in [1.82, 2.24) is 19.4 Å². The molecule has 0 aliphatic rings. The van der Waals surface area contributed by atoms with Crippen LogP contribution in [0.5, 0.6) is 5.75 Å². The molecule has 0 unspecified atom stereocenters. The zero-order valence-corrected chi connectivity index (χ0v) is 21.9. The standard InChI is InChI=1S/C28H33N7O2/c1-7-28(36)32-21-14-22(26(37-6)15-25(21)34(4)13-12-33(2)3)30-27-17-29-16-23(31-27)20-18-35(5)24-11-9-8-10-19(20)24/h7-11,14-18H,1,12-13H2,2-6H3,(H,30,31)(H,32,36). The molecule has 0 fully saturated rings. The number of aromatic nitrogens is 3. The number of methoxy groups -OCH3 is 1. The number of hydrogen-bond acceptors (Lipinski definition) is 7. The average molecular weight is 500 g/mol. The van der Waals surface area contributed by atoms with Gasteiger partial charge in [-0.25, -0.2) is 4.98 Å². The van der Waals surface area contributed by atoms with E-state index in [4.69, 9.17) is 9.72 Å². The first-order chi connectivity index (χ1) is 17.8. The van der Waals surface area contributed by atoms with E-state index in [0.717, 1.165) is 40.9 Å². The molecule has 2 N–H and O–H groups in total. The molecule has 192 valence electrons. The van der Waals surface area contributed by atoms with Crippen molar-refractivity contribution in [1.29, 1.82) is 0 Å². The Labute approximate surface area is 217 Å². The van der Waals surface area contributed by atoms with Gasteiger partial charge in [0.25, 0.3) is 0 Å². The second-order valence-electron chi connectivity index (χ2n) is 9.07. The fraction of sp³-hybridized carbons (Fsp3) is 0.250. The number of carbonyl (C=O) groups is 1. The van der Waals surface area contributed by atoms with Gasteiger partial charge in [-0.3, -0.25) is 9.78 Å². The van der Waals surface area contributed by atoms with Crippen molar-refractivity contribution in [3.8, 4) is 17.0 Å². The monoisotopic (exact) mass is 499 g/mol. The highest BCUT2D eigenvalue weighted by Crippen LogP contribution is 2.38. The minimum atomic E-state index is -0.295. The fourth-order valence-corrected chi connectivity index (χ4v) is 4.15. The summed E-state index contributed by atoms with van der Waals surface area (Å²) in [5.41, 5.74) is 4.98. The van der Waals surface area contributed by atoms with Gasteiger partial charge in [-0.1, -0.05) is 24.8 Å². The number of anilines is 4. The molecule has 0 aliphatic heterocycles. The topological polar surface area (TPSA) is 87.5 Å². The van der Waals surface area contributed by atoms with Crippen molar-refractivity contribution in [2.24, 2.45) is 7.05 Å².